The Hall–Kier alpha value is 0.400. The van der Waals surface area contributed by atoms with Crippen LogP contribution in [0.15, 0.2) is 0 Å². The summed E-state index contributed by atoms with van der Waals surface area (Å²) in [6.07, 6.45) is 3.76. The second-order valence-corrected chi connectivity index (χ2v) is 5.14. The molecule has 2 nitrogen and oxygen atoms in total. The van der Waals surface area contributed by atoms with E-state index in [4.69, 9.17) is 4.74 Å². The first-order chi connectivity index (χ1) is 7.29. The van der Waals surface area contributed by atoms with Crippen LogP contribution < -0.4 is 0 Å². The summed E-state index contributed by atoms with van der Waals surface area (Å²) in [5, 5.41) is 1.10. The summed E-state index contributed by atoms with van der Waals surface area (Å²) in [5.41, 5.74) is 0. The van der Waals surface area contributed by atoms with E-state index < -0.39 is 0 Å². The fourth-order valence-electron chi connectivity index (χ4n) is 2.15. The normalized spacial score (nSPS) is 27.4. The summed E-state index contributed by atoms with van der Waals surface area (Å²) >= 11 is 3.61. The third-order valence-electron chi connectivity index (χ3n) is 3.32. The molecule has 0 aliphatic carbocycles. The van der Waals surface area contributed by atoms with E-state index in [-0.39, 0.29) is 0 Å². The van der Waals surface area contributed by atoms with Crippen LogP contribution in [0.2, 0.25) is 0 Å². The first kappa shape index (κ1) is 13.5. The molecule has 1 aliphatic rings. The third kappa shape index (κ3) is 4.41. The van der Waals surface area contributed by atoms with Crippen molar-refractivity contribution in [2.45, 2.75) is 39.2 Å². The molecule has 1 fully saturated rings. The number of ether oxygens (including phenoxy) is 1. The Kier molecular flexibility index (Phi) is 6.86. The van der Waals surface area contributed by atoms with E-state index in [1.54, 1.807) is 0 Å². The van der Waals surface area contributed by atoms with Crippen LogP contribution in [0.3, 0.4) is 0 Å². The van der Waals surface area contributed by atoms with Gasteiger partial charge in [0.1, 0.15) is 0 Å². The highest BCUT2D eigenvalue weighted by Crippen LogP contribution is 2.24. The molecule has 0 aromatic carbocycles. The molecule has 0 aromatic heterocycles. The average molecular weight is 278 g/mol. The molecule has 0 saturated carbocycles. The quantitative estimate of drug-likeness (QED) is 0.524. The zero-order chi connectivity index (χ0) is 11.1. The van der Waals surface area contributed by atoms with E-state index in [0.717, 1.165) is 37.0 Å². The van der Waals surface area contributed by atoms with Gasteiger partial charge in [-0.1, -0.05) is 36.2 Å². The lowest BCUT2D eigenvalue weighted by atomic mass is 10.1. The van der Waals surface area contributed by atoms with E-state index in [0.29, 0.717) is 0 Å². The van der Waals surface area contributed by atoms with Crippen LogP contribution in [0.25, 0.3) is 0 Å². The molecule has 1 heterocycles. The van der Waals surface area contributed by atoms with Crippen molar-refractivity contribution in [3.05, 3.63) is 0 Å². The minimum atomic E-state index is 0.722. The molecule has 0 aromatic rings. The van der Waals surface area contributed by atoms with E-state index in [1.165, 1.54) is 25.8 Å². The van der Waals surface area contributed by atoms with Crippen LogP contribution in [0, 0.1) is 5.92 Å². The third-order valence-corrected chi connectivity index (χ3v) is 3.98. The Bertz CT molecular complexity index is 166. The SMILES string of the molecule is CCCCOCCN1CCC(C)C1CBr. The number of alkyl halides is 1. The number of likely N-dealkylation sites (tertiary alicyclic amines) is 1. The smallest absolute Gasteiger partial charge is 0.0593 e. The second-order valence-electron chi connectivity index (χ2n) is 4.49. The Labute approximate surface area is 102 Å². The summed E-state index contributed by atoms with van der Waals surface area (Å²) in [5.74, 6) is 0.833. The van der Waals surface area contributed by atoms with Crippen LogP contribution in [0.5, 0.6) is 0 Å². The summed E-state index contributed by atoms with van der Waals surface area (Å²) < 4.78 is 5.61. The maximum atomic E-state index is 5.61. The van der Waals surface area contributed by atoms with Gasteiger partial charge in [-0.05, 0) is 25.3 Å². The highest BCUT2D eigenvalue weighted by atomic mass is 79.9. The van der Waals surface area contributed by atoms with Gasteiger partial charge in [-0.25, -0.2) is 0 Å². The van der Waals surface area contributed by atoms with Gasteiger partial charge in [-0.3, -0.25) is 4.90 Å². The number of hydrogen-bond acceptors (Lipinski definition) is 2. The fourth-order valence-corrected chi connectivity index (χ4v) is 3.19. The van der Waals surface area contributed by atoms with Crippen LogP contribution in [-0.2, 0) is 4.74 Å². The maximum absolute atomic E-state index is 5.61. The Morgan fingerprint density at radius 2 is 2.20 bits per heavy atom. The van der Waals surface area contributed by atoms with Gasteiger partial charge in [0, 0.05) is 24.5 Å². The molecular weight excluding hydrogens is 254 g/mol. The summed E-state index contributed by atoms with van der Waals surface area (Å²) in [4.78, 5) is 2.56. The van der Waals surface area contributed by atoms with Crippen LogP contribution in [0.1, 0.15) is 33.1 Å². The standard InChI is InChI=1S/C12H24BrNO/c1-3-4-8-15-9-7-14-6-5-11(2)12(14)10-13/h11-12H,3-10H2,1-2H3. The van der Waals surface area contributed by atoms with Crippen molar-refractivity contribution >= 4 is 15.9 Å². The van der Waals surface area contributed by atoms with E-state index >= 15 is 0 Å². The van der Waals surface area contributed by atoms with Gasteiger partial charge in [0.05, 0.1) is 6.61 Å². The van der Waals surface area contributed by atoms with Gasteiger partial charge < -0.3 is 4.74 Å². The molecule has 1 saturated heterocycles. The van der Waals surface area contributed by atoms with Gasteiger partial charge in [-0.15, -0.1) is 0 Å². The monoisotopic (exact) mass is 277 g/mol. The van der Waals surface area contributed by atoms with Gasteiger partial charge in [-0.2, -0.15) is 0 Å². The molecule has 0 spiro atoms. The molecule has 1 aliphatic heterocycles. The van der Waals surface area contributed by atoms with Gasteiger partial charge in [0.15, 0.2) is 0 Å². The molecule has 90 valence electrons. The number of rotatable bonds is 7. The predicted octanol–water partition coefficient (Wildman–Crippen LogP) is 2.91. The van der Waals surface area contributed by atoms with Crippen LogP contribution in [-0.4, -0.2) is 42.6 Å². The van der Waals surface area contributed by atoms with Crippen LogP contribution in [0.4, 0.5) is 0 Å². The molecule has 2 unspecified atom stereocenters. The molecule has 0 N–H and O–H groups in total. The molecule has 15 heavy (non-hydrogen) atoms. The summed E-state index contributed by atoms with van der Waals surface area (Å²) in [6, 6.07) is 0.722. The van der Waals surface area contributed by atoms with E-state index in [9.17, 15) is 0 Å². The topological polar surface area (TPSA) is 12.5 Å². The maximum Gasteiger partial charge on any atom is 0.0593 e. The number of hydrogen-bond donors (Lipinski definition) is 0. The van der Waals surface area contributed by atoms with Gasteiger partial charge in [0.25, 0.3) is 0 Å². The Morgan fingerprint density at radius 1 is 1.40 bits per heavy atom. The Balaban J connectivity index is 2.10. The molecule has 0 radical (unpaired) electrons. The molecule has 3 heteroatoms. The largest absolute Gasteiger partial charge is 0.380 e. The van der Waals surface area contributed by atoms with Crippen molar-refractivity contribution in [2.75, 3.05) is 31.6 Å². The Morgan fingerprint density at radius 3 is 2.87 bits per heavy atom. The highest BCUT2D eigenvalue weighted by Gasteiger charge is 2.29. The lowest BCUT2D eigenvalue weighted by Crippen LogP contribution is -2.36. The van der Waals surface area contributed by atoms with Gasteiger partial charge >= 0.3 is 0 Å². The fraction of sp³-hybridized carbons (Fsp3) is 1.00. The average Bonchev–Trinajstić information content (AvgIpc) is 2.59. The first-order valence-electron chi connectivity index (χ1n) is 6.17. The van der Waals surface area contributed by atoms with Crippen molar-refractivity contribution in [3.63, 3.8) is 0 Å². The first-order valence-corrected chi connectivity index (χ1v) is 7.29. The number of halogens is 1. The molecule has 0 bridgehead atoms. The predicted molar refractivity (Wildman–Crippen MR) is 68.7 cm³/mol. The molecular formula is C12H24BrNO. The molecule has 1 rings (SSSR count). The van der Waals surface area contributed by atoms with E-state index in [2.05, 4.69) is 34.7 Å². The van der Waals surface area contributed by atoms with Crippen molar-refractivity contribution in [1.82, 2.24) is 4.90 Å². The van der Waals surface area contributed by atoms with Crippen LogP contribution >= 0.6 is 15.9 Å². The van der Waals surface area contributed by atoms with Crippen molar-refractivity contribution in [1.29, 1.82) is 0 Å². The lowest BCUT2D eigenvalue weighted by molar-refractivity contribution is 0.0978. The van der Waals surface area contributed by atoms with Crippen molar-refractivity contribution < 1.29 is 4.74 Å². The van der Waals surface area contributed by atoms with Crippen molar-refractivity contribution in [2.24, 2.45) is 5.92 Å². The lowest BCUT2D eigenvalue weighted by Gasteiger charge is -2.24. The zero-order valence-electron chi connectivity index (χ0n) is 10.0. The summed E-state index contributed by atoms with van der Waals surface area (Å²) in [6.45, 7) is 8.73. The minimum absolute atomic E-state index is 0.722. The minimum Gasteiger partial charge on any atom is -0.380 e. The van der Waals surface area contributed by atoms with E-state index in [1.807, 2.05) is 0 Å². The molecule has 2 atom stereocenters. The van der Waals surface area contributed by atoms with Crippen molar-refractivity contribution in [3.8, 4) is 0 Å². The number of unbranched alkanes of at least 4 members (excludes halogenated alkanes) is 1. The summed E-state index contributed by atoms with van der Waals surface area (Å²) in [7, 11) is 0. The molecule has 0 amide bonds. The van der Waals surface area contributed by atoms with Gasteiger partial charge in [0.2, 0.25) is 0 Å². The highest BCUT2D eigenvalue weighted by molar-refractivity contribution is 9.09. The number of nitrogens with zero attached hydrogens (tertiary/aromatic N) is 1. The second kappa shape index (κ2) is 7.64. The zero-order valence-corrected chi connectivity index (χ0v) is 11.6.